The molecule has 0 saturated heterocycles. The van der Waals surface area contributed by atoms with Crippen LogP contribution < -0.4 is 5.32 Å². The second-order valence-corrected chi connectivity index (χ2v) is 6.68. The first-order valence-electron chi connectivity index (χ1n) is 8.78. The van der Waals surface area contributed by atoms with Crippen molar-refractivity contribution in [2.45, 2.75) is 31.8 Å². The number of nitrogens with zero attached hydrogens (tertiary/aromatic N) is 3. The molecule has 0 unspecified atom stereocenters. The Morgan fingerprint density at radius 1 is 1.44 bits per heavy atom. The van der Waals surface area contributed by atoms with Gasteiger partial charge in [-0.15, -0.1) is 6.58 Å². The number of rotatable bonds is 6. The van der Waals surface area contributed by atoms with Crippen LogP contribution in [0.4, 0.5) is 0 Å². The van der Waals surface area contributed by atoms with Crippen LogP contribution in [-0.2, 0) is 26.4 Å². The molecule has 0 aliphatic heterocycles. The summed E-state index contributed by atoms with van der Waals surface area (Å²) in [5.74, 6) is -0.00919. The van der Waals surface area contributed by atoms with Crippen molar-refractivity contribution in [2.24, 2.45) is 7.05 Å². The molecule has 5 nitrogen and oxygen atoms in total. The molecule has 1 aromatic carbocycles. The first kappa shape index (κ1) is 17.4. The predicted octanol–water partition coefficient (Wildman–Crippen LogP) is 2.33. The van der Waals surface area contributed by atoms with E-state index in [0.29, 0.717) is 18.3 Å². The zero-order chi connectivity index (χ0) is 17.8. The van der Waals surface area contributed by atoms with Gasteiger partial charge in [-0.1, -0.05) is 36.4 Å². The standard InChI is InChI=1S/C20H26N4O/c1-4-12-21-16-10-11-18-17(13-16)19(22-24(18)3)20(25)23(2)14-15-8-6-5-7-9-15/h4-9,16,21H,1,10-14H2,2-3H3/t16-/m1/s1. The molecule has 1 N–H and O–H groups in total. The summed E-state index contributed by atoms with van der Waals surface area (Å²) in [6.07, 6.45) is 4.73. The van der Waals surface area contributed by atoms with E-state index in [1.54, 1.807) is 4.90 Å². The van der Waals surface area contributed by atoms with Gasteiger partial charge in [-0.05, 0) is 24.8 Å². The van der Waals surface area contributed by atoms with Gasteiger partial charge in [-0.2, -0.15) is 5.10 Å². The average Bonchev–Trinajstić information content (AvgIpc) is 2.96. The average molecular weight is 338 g/mol. The van der Waals surface area contributed by atoms with Gasteiger partial charge in [0.15, 0.2) is 5.69 Å². The molecule has 2 aromatic rings. The van der Waals surface area contributed by atoms with E-state index in [-0.39, 0.29) is 5.91 Å². The molecular weight excluding hydrogens is 312 g/mol. The minimum Gasteiger partial charge on any atom is -0.336 e. The van der Waals surface area contributed by atoms with Gasteiger partial charge in [0.1, 0.15) is 0 Å². The summed E-state index contributed by atoms with van der Waals surface area (Å²) in [5, 5.41) is 8.02. The Bertz CT molecular complexity index is 751. The molecule has 0 spiro atoms. The number of carbonyl (C=O) groups excluding carboxylic acids is 1. The van der Waals surface area contributed by atoms with E-state index in [4.69, 9.17) is 0 Å². The van der Waals surface area contributed by atoms with E-state index in [9.17, 15) is 4.79 Å². The van der Waals surface area contributed by atoms with E-state index in [2.05, 4.69) is 17.0 Å². The topological polar surface area (TPSA) is 50.2 Å². The molecule has 5 heteroatoms. The Morgan fingerprint density at radius 2 is 2.20 bits per heavy atom. The minimum atomic E-state index is -0.00919. The van der Waals surface area contributed by atoms with Crippen LogP contribution in [-0.4, -0.2) is 40.2 Å². The highest BCUT2D eigenvalue weighted by atomic mass is 16.2. The summed E-state index contributed by atoms with van der Waals surface area (Å²) in [4.78, 5) is 14.7. The quantitative estimate of drug-likeness (QED) is 0.823. The van der Waals surface area contributed by atoms with Crippen LogP contribution in [0.1, 0.15) is 33.7 Å². The normalized spacial score (nSPS) is 16.3. The molecule has 0 saturated carbocycles. The Labute approximate surface area is 149 Å². The lowest BCUT2D eigenvalue weighted by molar-refractivity contribution is 0.0777. The van der Waals surface area contributed by atoms with Crippen LogP contribution in [0.5, 0.6) is 0 Å². The molecule has 1 aliphatic carbocycles. The van der Waals surface area contributed by atoms with Crippen LogP contribution >= 0.6 is 0 Å². The predicted molar refractivity (Wildman–Crippen MR) is 99.5 cm³/mol. The maximum Gasteiger partial charge on any atom is 0.274 e. The number of fused-ring (bicyclic) bond motifs is 1. The number of nitrogens with one attached hydrogen (secondary N) is 1. The van der Waals surface area contributed by atoms with E-state index in [1.807, 2.05) is 55.2 Å². The van der Waals surface area contributed by atoms with Gasteiger partial charge in [0, 0.05) is 44.5 Å². The zero-order valence-corrected chi connectivity index (χ0v) is 15.0. The number of aromatic nitrogens is 2. The van der Waals surface area contributed by atoms with E-state index < -0.39 is 0 Å². The first-order chi connectivity index (χ1) is 12.1. The molecule has 1 aliphatic rings. The van der Waals surface area contributed by atoms with Crippen molar-refractivity contribution in [2.75, 3.05) is 13.6 Å². The Hall–Kier alpha value is -2.40. The fraction of sp³-hybridized carbons (Fsp3) is 0.400. The van der Waals surface area contributed by atoms with Crippen LogP contribution in [0.3, 0.4) is 0 Å². The van der Waals surface area contributed by atoms with Crippen LogP contribution in [0.2, 0.25) is 0 Å². The number of hydrogen-bond donors (Lipinski definition) is 1. The molecule has 0 bridgehead atoms. The molecule has 1 amide bonds. The van der Waals surface area contributed by atoms with Crippen molar-refractivity contribution in [3.8, 4) is 0 Å². The second kappa shape index (κ2) is 7.66. The van der Waals surface area contributed by atoms with Gasteiger partial charge in [-0.25, -0.2) is 0 Å². The molecular formula is C20H26N4O. The van der Waals surface area contributed by atoms with Gasteiger partial charge in [-0.3, -0.25) is 9.48 Å². The lowest BCUT2D eigenvalue weighted by Crippen LogP contribution is -2.36. The number of benzene rings is 1. The number of aryl methyl sites for hydroxylation is 1. The van der Waals surface area contributed by atoms with Crippen molar-refractivity contribution in [1.82, 2.24) is 20.0 Å². The Balaban J connectivity index is 1.78. The molecule has 0 fully saturated rings. The monoisotopic (exact) mass is 338 g/mol. The van der Waals surface area contributed by atoms with Crippen LogP contribution in [0.15, 0.2) is 43.0 Å². The van der Waals surface area contributed by atoms with Crippen molar-refractivity contribution < 1.29 is 4.79 Å². The third-order valence-electron chi connectivity index (χ3n) is 4.82. The van der Waals surface area contributed by atoms with Gasteiger partial charge in [0.25, 0.3) is 5.91 Å². The third-order valence-corrected chi connectivity index (χ3v) is 4.82. The Morgan fingerprint density at radius 3 is 2.92 bits per heavy atom. The highest BCUT2D eigenvalue weighted by Crippen LogP contribution is 2.25. The summed E-state index contributed by atoms with van der Waals surface area (Å²) in [6.45, 7) is 5.14. The highest BCUT2D eigenvalue weighted by molar-refractivity contribution is 5.94. The van der Waals surface area contributed by atoms with Crippen molar-refractivity contribution in [3.63, 3.8) is 0 Å². The van der Waals surface area contributed by atoms with Gasteiger partial charge in [0.05, 0.1) is 0 Å². The minimum absolute atomic E-state index is 0.00919. The lowest BCUT2D eigenvalue weighted by Gasteiger charge is -2.24. The number of hydrogen-bond acceptors (Lipinski definition) is 3. The van der Waals surface area contributed by atoms with Gasteiger partial charge >= 0.3 is 0 Å². The van der Waals surface area contributed by atoms with Crippen LogP contribution in [0.25, 0.3) is 0 Å². The fourth-order valence-electron chi connectivity index (χ4n) is 3.50. The summed E-state index contributed by atoms with van der Waals surface area (Å²) in [5.41, 5.74) is 4.00. The molecule has 1 heterocycles. The summed E-state index contributed by atoms with van der Waals surface area (Å²) < 4.78 is 1.88. The maximum absolute atomic E-state index is 13.0. The summed E-state index contributed by atoms with van der Waals surface area (Å²) in [7, 11) is 3.77. The van der Waals surface area contributed by atoms with E-state index in [1.165, 1.54) is 5.69 Å². The van der Waals surface area contributed by atoms with Gasteiger partial charge in [0.2, 0.25) is 0 Å². The zero-order valence-electron chi connectivity index (χ0n) is 15.0. The molecule has 132 valence electrons. The third kappa shape index (κ3) is 3.82. The van der Waals surface area contributed by atoms with Crippen molar-refractivity contribution in [1.29, 1.82) is 0 Å². The smallest absolute Gasteiger partial charge is 0.274 e. The van der Waals surface area contributed by atoms with Crippen molar-refractivity contribution >= 4 is 5.91 Å². The van der Waals surface area contributed by atoms with Crippen LogP contribution in [0, 0.1) is 0 Å². The largest absolute Gasteiger partial charge is 0.336 e. The van der Waals surface area contributed by atoms with Crippen molar-refractivity contribution in [3.05, 3.63) is 65.5 Å². The highest BCUT2D eigenvalue weighted by Gasteiger charge is 2.29. The first-order valence-corrected chi connectivity index (χ1v) is 8.78. The Kier molecular flexibility index (Phi) is 5.34. The summed E-state index contributed by atoms with van der Waals surface area (Å²) in [6, 6.07) is 10.4. The number of amides is 1. The second-order valence-electron chi connectivity index (χ2n) is 6.68. The molecule has 3 rings (SSSR count). The maximum atomic E-state index is 13.0. The molecule has 25 heavy (non-hydrogen) atoms. The molecule has 1 atom stereocenters. The fourth-order valence-corrected chi connectivity index (χ4v) is 3.50. The molecule has 0 radical (unpaired) electrons. The number of carbonyl (C=O) groups is 1. The SMILES string of the molecule is C=CCN[C@@H]1CCc2c(c(C(=O)N(C)Cc3ccccc3)nn2C)C1. The van der Waals surface area contributed by atoms with E-state index in [0.717, 1.165) is 36.9 Å². The summed E-state index contributed by atoms with van der Waals surface area (Å²) >= 11 is 0. The molecule has 1 aromatic heterocycles. The lowest BCUT2D eigenvalue weighted by atomic mass is 9.91. The van der Waals surface area contributed by atoms with Gasteiger partial charge < -0.3 is 10.2 Å². The van der Waals surface area contributed by atoms with E-state index >= 15 is 0 Å².